The van der Waals surface area contributed by atoms with Crippen LogP contribution in [0.1, 0.15) is 33.1 Å². The fourth-order valence-corrected chi connectivity index (χ4v) is 5.16. The monoisotopic (exact) mass is 437 g/mol. The highest BCUT2D eigenvalue weighted by atomic mass is 32.2. The Morgan fingerprint density at radius 2 is 1.77 bits per heavy atom. The van der Waals surface area contributed by atoms with Crippen molar-refractivity contribution in [3.05, 3.63) is 58.9 Å². The fourth-order valence-electron chi connectivity index (χ4n) is 4.28. The molecule has 7 heteroatoms. The summed E-state index contributed by atoms with van der Waals surface area (Å²) >= 11 is 1.32. The summed E-state index contributed by atoms with van der Waals surface area (Å²) in [6.07, 6.45) is 3.22. The second-order valence-electron chi connectivity index (χ2n) is 7.97. The van der Waals surface area contributed by atoms with E-state index in [1.807, 2.05) is 47.4 Å². The number of thioether (sulfide) groups is 1. The number of rotatable bonds is 5. The van der Waals surface area contributed by atoms with Crippen molar-refractivity contribution in [1.29, 1.82) is 0 Å². The quantitative estimate of drug-likeness (QED) is 0.440. The second-order valence-corrected chi connectivity index (χ2v) is 8.91. The van der Waals surface area contributed by atoms with Crippen molar-refractivity contribution in [1.82, 2.24) is 14.5 Å². The van der Waals surface area contributed by atoms with Crippen molar-refractivity contribution in [2.24, 2.45) is 0 Å². The molecule has 2 unspecified atom stereocenters. The highest BCUT2D eigenvalue weighted by Gasteiger charge is 2.29. The van der Waals surface area contributed by atoms with Crippen LogP contribution in [0.5, 0.6) is 5.75 Å². The number of para-hydroxylation sites is 1. The Morgan fingerprint density at radius 1 is 1.10 bits per heavy atom. The Labute approximate surface area is 186 Å². The lowest BCUT2D eigenvalue weighted by Gasteiger charge is -2.39. The number of hydrogen-bond acceptors (Lipinski definition) is 5. The van der Waals surface area contributed by atoms with Gasteiger partial charge in [-0.3, -0.25) is 14.2 Å². The van der Waals surface area contributed by atoms with Gasteiger partial charge in [-0.25, -0.2) is 4.98 Å². The SMILES string of the molecule is COc1ccc(-n2c(SCC(=O)N3C(C)CCCC3C)nc3ccccc3c2=O)cc1. The first-order valence-electron chi connectivity index (χ1n) is 10.6. The third-order valence-corrected chi connectivity index (χ3v) is 6.81. The van der Waals surface area contributed by atoms with Crippen molar-refractivity contribution < 1.29 is 9.53 Å². The van der Waals surface area contributed by atoms with Gasteiger partial charge in [-0.15, -0.1) is 0 Å². The van der Waals surface area contributed by atoms with Gasteiger partial charge in [0, 0.05) is 12.1 Å². The minimum atomic E-state index is -0.148. The Hall–Kier alpha value is -2.80. The molecular formula is C24H27N3O3S. The standard InChI is InChI=1S/C24H27N3O3S/c1-16-7-6-8-17(2)26(16)22(28)15-31-24-25-21-10-5-4-9-20(21)23(29)27(24)18-11-13-19(30-3)14-12-18/h4-5,9-14,16-17H,6-8,15H2,1-3H3. The average molecular weight is 438 g/mol. The maximum absolute atomic E-state index is 13.3. The number of carbonyl (C=O) groups excluding carboxylic acids is 1. The van der Waals surface area contributed by atoms with Gasteiger partial charge in [0.1, 0.15) is 5.75 Å². The lowest BCUT2D eigenvalue weighted by Crippen LogP contribution is -2.48. The molecule has 4 rings (SSSR count). The van der Waals surface area contributed by atoms with E-state index >= 15 is 0 Å². The van der Waals surface area contributed by atoms with E-state index in [4.69, 9.17) is 9.72 Å². The van der Waals surface area contributed by atoms with Gasteiger partial charge in [-0.1, -0.05) is 23.9 Å². The summed E-state index contributed by atoms with van der Waals surface area (Å²) in [6, 6.07) is 15.1. The van der Waals surface area contributed by atoms with E-state index in [0.29, 0.717) is 27.5 Å². The Balaban J connectivity index is 1.70. The number of methoxy groups -OCH3 is 1. The number of benzene rings is 2. The summed E-state index contributed by atoms with van der Waals surface area (Å²) in [5, 5.41) is 1.06. The van der Waals surface area contributed by atoms with Crippen molar-refractivity contribution in [3.8, 4) is 11.4 Å². The average Bonchev–Trinajstić information content (AvgIpc) is 2.78. The van der Waals surface area contributed by atoms with Gasteiger partial charge in [-0.05, 0) is 69.5 Å². The first kappa shape index (κ1) is 21.4. The Kier molecular flexibility index (Phi) is 6.32. The number of amides is 1. The van der Waals surface area contributed by atoms with Crippen LogP contribution in [0, 0.1) is 0 Å². The molecular weight excluding hydrogens is 410 g/mol. The van der Waals surface area contributed by atoms with Gasteiger partial charge < -0.3 is 9.64 Å². The molecule has 2 aromatic carbocycles. The summed E-state index contributed by atoms with van der Waals surface area (Å²) in [5.41, 5.74) is 1.18. The highest BCUT2D eigenvalue weighted by molar-refractivity contribution is 7.99. The number of nitrogens with zero attached hydrogens (tertiary/aromatic N) is 3. The van der Waals surface area contributed by atoms with Crippen molar-refractivity contribution in [3.63, 3.8) is 0 Å². The van der Waals surface area contributed by atoms with Crippen LogP contribution in [-0.2, 0) is 4.79 Å². The second kappa shape index (κ2) is 9.14. The maximum atomic E-state index is 13.3. The predicted octanol–water partition coefficient (Wildman–Crippen LogP) is 4.28. The molecule has 3 aromatic rings. The molecule has 0 aliphatic carbocycles. The zero-order valence-electron chi connectivity index (χ0n) is 18.1. The minimum absolute atomic E-state index is 0.0911. The number of likely N-dealkylation sites (tertiary alicyclic amines) is 1. The van der Waals surface area contributed by atoms with E-state index in [9.17, 15) is 9.59 Å². The van der Waals surface area contributed by atoms with E-state index in [-0.39, 0.29) is 29.3 Å². The lowest BCUT2D eigenvalue weighted by atomic mass is 9.98. The smallest absolute Gasteiger partial charge is 0.266 e. The van der Waals surface area contributed by atoms with Crippen molar-refractivity contribution in [2.75, 3.05) is 12.9 Å². The number of fused-ring (bicyclic) bond motifs is 1. The van der Waals surface area contributed by atoms with Crippen molar-refractivity contribution in [2.45, 2.75) is 50.4 Å². The summed E-state index contributed by atoms with van der Waals surface area (Å²) in [6.45, 7) is 4.22. The molecule has 0 N–H and O–H groups in total. The maximum Gasteiger partial charge on any atom is 0.266 e. The zero-order valence-corrected chi connectivity index (χ0v) is 18.9. The van der Waals surface area contributed by atoms with Gasteiger partial charge in [0.15, 0.2) is 5.16 Å². The molecule has 162 valence electrons. The number of piperidine rings is 1. The Bertz CT molecular complexity index is 1130. The molecule has 0 saturated carbocycles. The molecule has 1 amide bonds. The fraction of sp³-hybridized carbons (Fsp3) is 0.375. The third kappa shape index (κ3) is 4.32. The molecule has 1 fully saturated rings. The van der Waals surface area contributed by atoms with Gasteiger partial charge in [-0.2, -0.15) is 0 Å². The van der Waals surface area contributed by atoms with Crippen LogP contribution in [0.2, 0.25) is 0 Å². The molecule has 31 heavy (non-hydrogen) atoms. The summed E-state index contributed by atoms with van der Waals surface area (Å²) in [7, 11) is 1.61. The normalized spacial score (nSPS) is 18.9. The predicted molar refractivity (Wildman–Crippen MR) is 124 cm³/mol. The van der Waals surface area contributed by atoms with Crippen LogP contribution < -0.4 is 10.3 Å². The molecule has 2 heterocycles. The van der Waals surface area contributed by atoms with Gasteiger partial charge in [0.05, 0.1) is 29.5 Å². The Morgan fingerprint density at radius 3 is 2.45 bits per heavy atom. The minimum Gasteiger partial charge on any atom is -0.497 e. The van der Waals surface area contributed by atoms with E-state index in [1.165, 1.54) is 11.8 Å². The molecule has 1 saturated heterocycles. The number of aromatic nitrogens is 2. The molecule has 0 radical (unpaired) electrons. The third-order valence-electron chi connectivity index (χ3n) is 5.88. The summed E-state index contributed by atoms with van der Waals surface area (Å²) in [4.78, 5) is 33.1. The summed E-state index contributed by atoms with van der Waals surface area (Å²) < 4.78 is 6.83. The molecule has 1 aromatic heterocycles. The lowest BCUT2D eigenvalue weighted by molar-refractivity contribution is -0.134. The highest BCUT2D eigenvalue weighted by Crippen LogP contribution is 2.26. The molecule has 2 atom stereocenters. The summed E-state index contributed by atoms with van der Waals surface area (Å²) in [5.74, 6) is 1.05. The van der Waals surface area contributed by atoms with E-state index in [2.05, 4.69) is 13.8 Å². The van der Waals surface area contributed by atoms with Gasteiger partial charge in [0.2, 0.25) is 5.91 Å². The van der Waals surface area contributed by atoms with Gasteiger partial charge in [0.25, 0.3) is 5.56 Å². The molecule has 1 aliphatic rings. The first-order valence-corrected chi connectivity index (χ1v) is 11.6. The molecule has 0 bridgehead atoms. The molecule has 0 spiro atoms. The molecule has 6 nitrogen and oxygen atoms in total. The first-order chi connectivity index (χ1) is 15.0. The van der Waals surface area contributed by atoms with Crippen LogP contribution in [0.15, 0.2) is 58.5 Å². The molecule has 1 aliphatic heterocycles. The number of ether oxygens (including phenoxy) is 1. The van der Waals surface area contributed by atoms with Crippen LogP contribution in [-0.4, -0.2) is 45.3 Å². The largest absolute Gasteiger partial charge is 0.497 e. The van der Waals surface area contributed by atoms with E-state index < -0.39 is 0 Å². The van der Waals surface area contributed by atoms with Crippen LogP contribution in [0.3, 0.4) is 0 Å². The van der Waals surface area contributed by atoms with E-state index in [0.717, 1.165) is 19.3 Å². The zero-order chi connectivity index (χ0) is 22.0. The van der Waals surface area contributed by atoms with Crippen LogP contribution in [0.25, 0.3) is 16.6 Å². The van der Waals surface area contributed by atoms with Crippen LogP contribution in [0.4, 0.5) is 0 Å². The topological polar surface area (TPSA) is 64.4 Å². The number of hydrogen-bond donors (Lipinski definition) is 0. The van der Waals surface area contributed by atoms with Gasteiger partial charge >= 0.3 is 0 Å². The van der Waals surface area contributed by atoms with Crippen LogP contribution >= 0.6 is 11.8 Å². The van der Waals surface area contributed by atoms with Crippen molar-refractivity contribution >= 4 is 28.6 Å². The van der Waals surface area contributed by atoms with E-state index in [1.54, 1.807) is 17.7 Å². The number of carbonyl (C=O) groups is 1.